The van der Waals surface area contributed by atoms with E-state index in [9.17, 15) is 19.7 Å². The number of hydrogen-bond donors (Lipinski definition) is 0. The normalized spacial score (nSPS) is 14.4. The predicted molar refractivity (Wildman–Crippen MR) is 60.3 cm³/mol. The van der Waals surface area contributed by atoms with E-state index in [0.29, 0.717) is 6.54 Å². The summed E-state index contributed by atoms with van der Waals surface area (Å²) < 4.78 is 4.69. The van der Waals surface area contributed by atoms with Gasteiger partial charge in [0.1, 0.15) is 6.61 Å². The highest BCUT2D eigenvalue weighted by atomic mass is 16.6. The fraction of sp³-hybridized carbons (Fsp3) is 0.273. The molecular formula is C11H10N2O5. The van der Waals surface area contributed by atoms with E-state index in [1.54, 1.807) is 0 Å². The van der Waals surface area contributed by atoms with Crippen molar-refractivity contribution in [3.63, 3.8) is 0 Å². The number of nitrogens with zero attached hydrogens (tertiary/aromatic N) is 2. The highest BCUT2D eigenvalue weighted by Gasteiger charge is 2.25. The van der Waals surface area contributed by atoms with Crippen LogP contribution in [0.15, 0.2) is 24.3 Å². The zero-order valence-corrected chi connectivity index (χ0v) is 9.37. The minimum absolute atomic E-state index is 0.125. The SMILES string of the molecule is O=C(CN1CCOC1=O)c1cccc([N+](=O)[O-])c1. The molecule has 0 atom stereocenters. The summed E-state index contributed by atoms with van der Waals surface area (Å²) in [7, 11) is 0. The van der Waals surface area contributed by atoms with Crippen molar-refractivity contribution in [2.24, 2.45) is 0 Å². The molecule has 1 aromatic rings. The zero-order chi connectivity index (χ0) is 13.1. The monoisotopic (exact) mass is 250 g/mol. The van der Waals surface area contributed by atoms with Crippen molar-refractivity contribution in [1.29, 1.82) is 0 Å². The lowest BCUT2D eigenvalue weighted by Gasteiger charge is -2.10. The van der Waals surface area contributed by atoms with Crippen LogP contribution in [0.4, 0.5) is 10.5 Å². The first-order chi connectivity index (χ1) is 8.58. The van der Waals surface area contributed by atoms with Crippen LogP contribution in [0.1, 0.15) is 10.4 Å². The van der Waals surface area contributed by atoms with Gasteiger partial charge in [0.2, 0.25) is 0 Å². The van der Waals surface area contributed by atoms with Crippen LogP contribution >= 0.6 is 0 Å². The topological polar surface area (TPSA) is 89.8 Å². The maximum atomic E-state index is 11.8. The van der Waals surface area contributed by atoms with Gasteiger partial charge in [0, 0.05) is 17.7 Å². The predicted octanol–water partition coefficient (Wildman–Crippen LogP) is 1.23. The molecule has 1 fully saturated rings. The van der Waals surface area contributed by atoms with Crippen molar-refractivity contribution in [2.45, 2.75) is 0 Å². The number of benzene rings is 1. The summed E-state index contributed by atoms with van der Waals surface area (Å²) in [5.74, 6) is -0.349. The molecule has 0 saturated carbocycles. The Morgan fingerprint density at radius 1 is 1.50 bits per heavy atom. The molecule has 1 aliphatic rings. The Morgan fingerprint density at radius 2 is 2.28 bits per heavy atom. The molecule has 7 nitrogen and oxygen atoms in total. The number of nitro groups is 1. The number of ketones is 1. The van der Waals surface area contributed by atoms with Crippen LogP contribution in [0.5, 0.6) is 0 Å². The Balaban J connectivity index is 2.11. The molecule has 1 aliphatic heterocycles. The number of hydrogen-bond acceptors (Lipinski definition) is 5. The lowest BCUT2D eigenvalue weighted by atomic mass is 10.1. The highest BCUT2D eigenvalue weighted by molar-refractivity contribution is 5.99. The first-order valence-corrected chi connectivity index (χ1v) is 5.27. The molecule has 2 rings (SSSR count). The van der Waals surface area contributed by atoms with Crippen molar-refractivity contribution in [3.05, 3.63) is 39.9 Å². The lowest BCUT2D eigenvalue weighted by Crippen LogP contribution is -2.30. The van der Waals surface area contributed by atoms with Gasteiger partial charge in [-0.3, -0.25) is 19.8 Å². The van der Waals surface area contributed by atoms with Crippen molar-refractivity contribution in [2.75, 3.05) is 19.7 Å². The Hall–Kier alpha value is -2.44. The lowest BCUT2D eigenvalue weighted by molar-refractivity contribution is -0.384. The molecule has 1 amide bonds. The van der Waals surface area contributed by atoms with Crippen molar-refractivity contribution in [1.82, 2.24) is 4.90 Å². The fourth-order valence-electron chi connectivity index (χ4n) is 1.63. The summed E-state index contributed by atoms with van der Waals surface area (Å²) in [6, 6.07) is 5.43. The molecule has 0 radical (unpaired) electrons. The molecule has 0 aliphatic carbocycles. The second-order valence-corrected chi connectivity index (χ2v) is 3.77. The van der Waals surface area contributed by atoms with Gasteiger partial charge < -0.3 is 4.74 Å². The van der Waals surface area contributed by atoms with Crippen LogP contribution in [0.3, 0.4) is 0 Å². The maximum Gasteiger partial charge on any atom is 0.410 e. The molecule has 1 aromatic carbocycles. The van der Waals surface area contributed by atoms with E-state index in [4.69, 9.17) is 4.74 Å². The first kappa shape index (κ1) is 12.0. The van der Waals surface area contributed by atoms with Crippen LogP contribution < -0.4 is 0 Å². The minimum atomic E-state index is -0.569. The van der Waals surface area contributed by atoms with Gasteiger partial charge in [-0.25, -0.2) is 4.79 Å². The third-order valence-corrected chi connectivity index (χ3v) is 2.56. The summed E-state index contributed by atoms with van der Waals surface area (Å²) >= 11 is 0. The summed E-state index contributed by atoms with van der Waals surface area (Å²) in [4.78, 5) is 34.3. The van der Waals surface area contributed by atoms with Gasteiger partial charge in [0.25, 0.3) is 5.69 Å². The van der Waals surface area contributed by atoms with Crippen LogP contribution in [0, 0.1) is 10.1 Å². The Kier molecular flexibility index (Phi) is 3.22. The van der Waals surface area contributed by atoms with E-state index in [0.717, 1.165) is 0 Å². The number of carbonyl (C=O) groups is 2. The van der Waals surface area contributed by atoms with Crippen molar-refractivity contribution in [3.8, 4) is 0 Å². The quantitative estimate of drug-likeness (QED) is 0.455. The number of amides is 1. The third-order valence-electron chi connectivity index (χ3n) is 2.56. The van der Waals surface area contributed by atoms with Crippen LogP contribution in [-0.2, 0) is 4.74 Å². The number of carbonyl (C=O) groups excluding carboxylic acids is 2. The molecule has 0 aromatic heterocycles. The largest absolute Gasteiger partial charge is 0.448 e. The number of ether oxygens (including phenoxy) is 1. The Bertz CT molecular complexity index is 514. The maximum absolute atomic E-state index is 11.8. The molecule has 0 spiro atoms. The standard InChI is InChI=1S/C11H10N2O5/c14-10(7-12-4-5-18-11(12)15)8-2-1-3-9(6-8)13(16)17/h1-3,6H,4-5,7H2. The zero-order valence-electron chi connectivity index (χ0n) is 9.37. The van der Waals surface area contributed by atoms with Gasteiger partial charge in [-0.1, -0.05) is 12.1 Å². The van der Waals surface area contributed by atoms with Gasteiger partial charge in [0.15, 0.2) is 5.78 Å². The van der Waals surface area contributed by atoms with E-state index < -0.39 is 11.0 Å². The van der Waals surface area contributed by atoms with Gasteiger partial charge >= 0.3 is 6.09 Å². The number of Topliss-reactive ketones (excluding diaryl/α,β-unsaturated/α-hetero) is 1. The molecule has 18 heavy (non-hydrogen) atoms. The molecule has 94 valence electrons. The van der Waals surface area contributed by atoms with E-state index in [1.807, 2.05) is 0 Å². The summed E-state index contributed by atoms with van der Waals surface area (Å²) in [5.41, 5.74) is 0.0637. The van der Waals surface area contributed by atoms with E-state index in [2.05, 4.69) is 0 Å². The Morgan fingerprint density at radius 3 is 2.89 bits per heavy atom. The second-order valence-electron chi connectivity index (χ2n) is 3.77. The molecule has 0 bridgehead atoms. The summed E-state index contributed by atoms with van der Waals surface area (Å²) in [6.45, 7) is 0.501. The van der Waals surface area contributed by atoms with Crippen LogP contribution in [0.2, 0.25) is 0 Å². The molecule has 0 N–H and O–H groups in total. The fourth-order valence-corrected chi connectivity index (χ4v) is 1.63. The molecule has 0 unspecified atom stereocenters. The highest BCUT2D eigenvalue weighted by Crippen LogP contribution is 2.14. The number of rotatable bonds is 4. The first-order valence-electron chi connectivity index (χ1n) is 5.27. The number of non-ortho nitro benzene ring substituents is 1. The average Bonchev–Trinajstić information content (AvgIpc) is 2.75. The van der Waals surface area contributed by atoms with Gasteiger partial charge in [-0.15, -0.1) is 0 Å². The van der Waals surface area contributed by atoms with Crippen LogP contribution in [-0.4, -0.2) is 41.4 Å². The Labute approximate surface area is 102 Å². The van der Waals surface area contributed by atoms with Crippen molar-refractivity contribution < 1.29 is 19.2 Å². The van der Waals surface area contributed by atoms with E-state index in [-0.39, 0.29) is 30.2 Å². The van der Waals surface area contributed by atoms with Gasteiger partial charge in [0.05, 0.1) is 18.0 Å². The average molecular weight is 250 g/mol. The van der Waals surface area contributed by atoms with Crippen molar-refractivity contribution >= 4 is 17.6 Å². The summed E-state index contributed by atoms with van der Waals surface area (Å²) in [5, 5.41) is 10.6. The molecule has 1 saturated heterocycles. The van der Waals surface area contributed by atoms with E-state index >= 15 is 0 Å². The second kappa shape index (κ2) is 4.82. The minimum Gasteiger partial charge on any atom is -0.448 e. The number of cyclic esters (lactones) is 1. The molecule has 7 heteroatoms. The van der Waals surface area contributed by atoms with E-state index in [1.165, 1.54) is 29.2 Å². The molecule has 1 heterocycles. The van der Waals surface area contributed by atoms with Crippen LogP contribution in [0.25, 0.3) is 0 Å². The smallest absolute Gasteiger partial charge is 0.410 e. The van der Waals surface area contributed by atoms with Gasteiger partial charge in [-0.2, -0.15) is 0 Å². The number of nitro benzene ring substituents is 1. The third kappa shape index (κ3) is 2.45. The van der Waals surface area contributed by atoms with Gasteiger partial charge in [-0.05, 0) is 0 Å². The summed E-state index contributed by atoms with van der Waals surface area (Å²) in [6.07, 6.45) is -0.534. The molecular weight excluding hydrogens is 240 g/mol.